The molecule has 1 N–H and O–H groups in total. The van der Waals surface area contributed by atoms with Gasteiger partial charge >= 0.3 is 0 Å². The molecule has 22 fully saturated rings. The van der Waals surface area contributed by atoms with E-state index in [0.717, 1.165) is 61.5 Å². The molecule has 4 heteroatoms. The first-order valence-electron chi connectivity index (χ1n) is 42.7. The van der Waals surface area contributed by atoms with Gasteiger partial charge in [0.1, 0.15) is 0 Å². The summed E-state index contributed by atoms with van der Waals surface area (Å²) in [5, 5.41) is 3.59. The van der Waals surface area contributed by atoms with Gasteiger partial charge in [0, 0.05) is 31.9 Å². The van der Waals surface area contributed by atoms with Gasteiger partial charge in [-0.2, -0.15) is 0 Å². The van der Waals surface area contributed by atoms with Crippen LogP contribution in [0.5, 0.6) is 0 Å². The summed E-state index contributed by atoms with van der Waals surface area (Å²) in [7, 11) is 0. The normalized spacial score (nSPS) is 34.0. The number of piperidine rings is 1. The minimum Gasteiger partial charge on any atom is -0.381 e. The monoisotopic (exact) mass is 1270 g/mol. The van der Waals surface area contributed by atoms with E-state index in [4.69, 9.17) is 14.2 Å². The molecule has 7 heterocycles. The fraction of sp³-hybridized carbons (Fsp3) is 1.00. The Kier molecular flexibility index (Phi) is 70.4. The highest BCUT2D eigenvalue weighted by Crippen LogP contribution is 2.53. The molecule has 22 rings (SSSR count). The quantitative estimate of drug-likeness (QED) is 0.262. The highest BCUT2D eigenvalue weighted by atomic mass is 16.5. The second-order valence-electron chi connectivity index (χ2n) is 27.7. The van der Waals surface area contributed by atoms with Crippen LogP contribution >= 0.6 is 0 Å². The zero-order valence-electron chi connectivity index (χ0n) is 65.6. The molecule has 15 saturated carbocycles. The lowest BCUT2D eigenvalue weighted by atomic mass is 9.56. The lowest BCUT2D eigenvalue weighted by Crippen LogP contribution is -2.38. The van der Waals surface area contributed by atoms with Crippen LogP contribution in [-0.4, -0.2) is 50.2 Å². The molecule has 0 aromatic rings. The van der Waals surface area contributed by atoms with Gasteiger partial charge in [-0.25, -0.2) is 0 Å². The summed E-state index contributed by atoms with van der Waals surface area (Å²) in [5.74, 6) is 12.7. The van der Waals surface area contributed by atoms with Crippen LogP contribution in [0.2, 0.25) is 0 Å². The van der Waals surface area contributed by atoms with Crippen molar-refractivity contribution < 1.29 is 14.2 Å². The van der Waals surface area contributed by atoms with Gasteiger partial charge in [-0.15, -0.1) is 0 Å². The molecule has 2 unspecified atom stereocenters. The first-order valence-corrected chi connectivity index (χ1v) is 42.7. The number of hydrogen-bond donors (Lipinski definition) is 1. The molecule has 7 aliphatic heterocycles. The van der Waals surface area contributed by atoms with Gasteiger partial charge in [-0.3, -0.25) is 0 Å². The van der Waals surface area contributed by atoms with E-state index in [9.17, 15) is 0 Å². The van der Waals surface area contributed by atoms with E-state index in [0.29, 0.717) is 18.3 Å². The van der Waals surface area contributed by atoms with Gasteiger partial charge in [0.25, 0.3) is 0 Å². The molecule has 0 radical (unpaired) electrons. The van der Waals surface area contributed by atoms with Crippen LogP contribution in [0.3, 0.4) is 0 Å². The molecule has 0 aromatic carbocycles. The summed E-state index contributed by atoms with van der Waals surface area (Å²) in [6.45, 7) is 43.1. The predicted octanol–water partition coefficient (Wildman–Crippen LogP) is 29.2. The van der Waals surface area contributed by atoms with Crippen molar-refractivity contribution in [3.63, 3.8) is 0 Å². The number of hydrogen-bond acceptors (Lipinski definition) is 4. The van der Waals surface area contributed by atoms with Crippen molar-refractivity contribution in [2.75, 3.05) is 19.8 Å². The van der Waals surface area contributed by atoms with Crippen molar-refractivity contribution in [2.24, 2.45) is 65.1 Å². The Bertz CT molecular complexity index is 1070. The van der Waals surface area contributed by atoms with Crippen molar-refractivity contribution in [3.05, 3.63) is 0 Å². The first kappa shape index (κ1) is 94.0. The first-order chi connectivity index (χ1) is 44.1. The van der Waals surface area contributed by atoms with Crippen molar-refractivity contribution in [3.8, 4) is 0 Å². The Morgan fingerprint density at radius 1 is 0.211 bits per heavy atom. The minimum atomic E-state index is 0. The summed E-state index contributed by atoms with van der Waals surface area (Å²) in [6, 6.07) is 1.82. The smallest absolute Gasteiger partial charge is 0.0580 e. The molecule has 0 aromatic heterocycles. The molecule has 90 heavy (non-hydrogen) atoms. The molecular formula is C86H179NO3. The predicted molar refractivity (Wildman–Crippen MR) is 411 cm³/mol. The van der Waals surface area contributed by atoms with Crippen molar-refractivity contribution in [1.29, 1.82) is 0 Å². The number of rotatable bonds is 0. The topological polar surface area (TPSA) is 39.7 Å². The van der Waals surface area contributed by atoms with E-state index in [1.807, 2.05) is 138 Å². The lowest BCUT2D eigenvalue weighted by Gasteiger charge is -2.49. The zero-order chi connectivity index (χ0) is 66.7. The largest absolute Gasteiger partial charge is 0.381 e. The van der Waals surface area contributed by atoms with Crippen LogP contribution in [0.1, 0.15) is 441 Å². The SMILES string of the molecule is C.C1C2CC1C2.C1CC2CC1C2.C1CC2CCC(C1)C2.C1CC2CCC1C2.C1CC2CCC1CC2.C1CC2CCC1CO2.C1CC2CCC1O2.C1CCCCC1.C1CCOCC1.C1C[C@@H]2CC[C@H](C1)N2.CC.CC.CC.CC.CC.CC.CC.CC.CC.CC. The van der Waals surface area contributed by atoms with E-state index in [-0.39, 0.29) is 7.43 Å². The number of ether oxygens (including phenoxy) is 3. The zero-order valence-corrected chi connectivity index (χ0v) is 65.6. The average Bonchev–Trinajstić information content (AvgIpc) is 1.50. The summed E-state index contributed by atoms with van der Waals surface area (Å²) < 4.78 is 16.0. The van der Waals surface area contributed by atoms with E-state index in [1.54, 1.807) is 148 Å². The van der Waals surface area contributed by atoms with Crippen LogP contribution in [-0.2, 0) is 14.2 Å². The molecule has 22 aliphatic rings. The highest BCUT2D eigenvalue weighted by molar-refractivity contribution is 4.92. The molecule has 4 nitrogen and oxygen atoms in total. The minimum absolute atomic E-state index is 0. The molecule has 16 bridgehead atoms. The molecule has 546 valence electrons. The Hall–Kier alpha value is -0.160. The molecule has 0 amide bonds. The molecule has 0 spiro atoms. The third-order valence-corrected chi connectivity index (χ3v) is 22.2. The summed E-state index contributed by atoms with van der Waals surface area (Å²) in [5.41, 5.74) is 0. The fourth-order valence-electron chi connectivity index (χ4n) is 16.9. The Morgan fingerprint density at radius 2 is 0.456 bits per heavy atom. The van der Waals surface area contributed by atoms with Gasteiger partial charge in [-0.05, 0) is 206 Å². The number of nitrogens with one attached hydrogen (secondary N) is 1. The second-order valence-corrected chi connectivity index (χ2v) is 27.7. The maximum Gasteiger partial charge on any atom is 0.0580 e. The third kappa shape index (κ3) is 42.5. The summed E-state index contributed by atoms with van der Waals surface area (Å²) >= 11 is 0. The van der Waals surface area contributed by atoms with Crippen LogP contribution in [0, 0.1) is 65.1 Å². The summed E-state index contributed by atoms with van der Waals surface area (Å²) in [4.78, 5) is 0. The molecule has 7 saturated heterocycles. The third-order valence-electron chi connectivity index (χ3n) is 22.2. The van der Waals surface area contributed by atoms with Crippen molar-refractivity contribution in [1.82, 2.24) is 5.32 Å². The summed E-state index contributed by atoms with van der Waals surface area (Å²) in [6.07, 6.45) is 70.6. The Balaban J connectivity index is -0.000000907. The molecular weight excluding hydrogens is 1090 g/mol. The number of fused-ring (bicyclic) bond motifs is 15. The molecule has 15 aliphatic carbocycles. The van der Waals surface area contributed by atoms with Crippen LogP contribution in [0.25, 0.3) is 0 Å². The van der Waals surface area contributed by atoms with Crippen LogP contribution < -0.4 is 5.32 Å². The fourth-order valence-corrected chi connectivity index (χ4v) is 16.9. The van der Waals surface area contributed by atoms with E-state index in [2.05, 4.69) is 5.32 Å². The van der Waals surface area contributed by atoms with Gasteiger partial charge in [0.05, 0.1) is 18.3 Å². The van der Waals surface area contributed by atoms with Crippen molar-refractivity contribution in [2.45, 2.75) is 472 Å². The van der Waals surface area contributed by atoms with Gasteiger partial charge in [0.15, 0.2) is 0 Å². The van der Waals surface area contributed by atoms with Gasteiger partial charge in [-0.1, -0.05) is 300 Å². The standard InChI is InChI=1S/2C8H14.C7H13N.C7H12O.C7H12.C6H10O.C6H10.C6H12.C5H10O.C5H8.10C2H6.CH4/c1-2-8-5-3-7(1)4-6-8;1-2-7-4-5-8(3-1)6-7;1-2-6-4-5-7(3-1)8-6;1-3-7-4-2-6(1)5-8-7;1-2-7-4-3-6(1)5-7;1-2-6-4-3-5(1)7-6;1-2-6-3-5(1)4-6;2*1-2-4-6-5-3-1;1-4-2-5(1)3-4;10*1-2;/h2*7-8H,1-6H2;6-8H,1-5H2;6-7H,1-5H2;6-7H,1-5H2;5-6H,1-4H2;5-6H,1-4H2;1-6H2;1-5H2;4-5H,1-3H2;10*1-2H3;1H4/t;;6-,7+;;;;;;;;;;;;;;;;;;. The van der Waals surface area contributed by atoms with E-state index in [1.165, 1.54) is 183 Å². The Labute approximate surface area is 573 Å². The molecule has 4 atom stereocenters. The van der Waals surface area contributed by atoms with E-state index < -0.39 is 0 Å². The van der Waals surface area contributed by atoms with Crippen LogP contribution in [0.15, 0.2) is 0 Å². The van der Waals surface area contributed by atoms with Crippen molar-refractivity contribution >= 4 is 0 Å². The van der Waals surface area contributed by atoms with Crippen LogP contribution in [0.4, 0.5) is 0 Å². The lowest BCUT2D eigenvalue weighted by molar-refractivity contribution is -0.0615. The van der Waals surface area contributed by atoms with Gasteiger partial charge in [0.2, 0.25) is 0 Å². The van der Waals surface area contributed by atoms with E-state index >= 15 is 0 Å². The van der Waals surface area contributed by atoms with Gasteiger partial charge < -0.3 is 19.5 Å². The average molecular weight is 1280 g/mol. The Morgan fingerprint density at radius 3 is 0.611 bits per heavy atom. The maximum absolute atomic E-state index is 5.48. The maximum atomic E-state index is 5.48. The second kappa shape index (κ2) is 67.4. The highest BCUT2D eigenvalue weighted by Gasteiger charge is 2.41.